The van der Waals surface area contributed by atoms with Crippen molar-refractivity contribution in [3.05, 3.63) is 76.1 Å². The smallest absolute Gasteiger partial charge is 0.269 e. The first kappa shape index (κ1) is 20.5. The van der Waals surface area contributed by atoms with Crippen molar-refractivity contribution >= 4 is 23.4 Å². The molecule has 0 atom stereocenters. The summed E-state index contributed by atoms with van der Waals surface area (Å²) in [5.41, 5.74) is 1.77. The van der Waals surface area contributed by atoms with Crippen LogP contribution in [-0.4, -0.2) is 55.0 Å². The van der Waals surface area contributed by atoms with Crippen LogP contribution in [0.3, 0.4) is 0 Å². The normalized spacial score (nSPS) is 14.9. The molecule has 2 aromatic carbocycles. The molecule has 1 heterocycles. The minimum atomic E-state index is -0.459. The number of nitro groups is 1. The van der Waals surface area contributed by atoms with Gasteiger partial charge in [-0.25, -0.2) is 4.39 Å². The van der Waals surface area contributed by atoms with E-state index in [1.807, 2.05) is 0 Å². The standard InChI is InChI=1S/C21H23FN4O3/c22-18-4-8-19(9-5-18)25-15-13-24(14-16-25)12-11-23-21(27)10-3-17-1-6-20(7-2-17)26(28)29/h1-10H,11-16H2,(H,23,27)/b10-3+. The van der Waals surface area contributed by atoms with Gasteiger partial charge < -0.3 is 10.2 Å². The van der Waals surface area contributed by atoms with Crippen molar-refractivity contribution < 1.29 is 14.1 Å². The van der Waals surface area contributed by atoms with E-state index in [9.17, 15) is 19.3 Å². The number of hydrogen-bond acceptors (Lipinski definition) is 5. The largest absolute Gasteiger partial charge is 0.369 e. The molecule has 1 N–H and O–H groups in total. The van der Waals surface area contributed by atoms with Crippen LogP contribution < -0.4 is 10.2 Å². The summed E-state index contributed by atoms with van der Waals surface area (Å²) in [5, 5.41) is 13.5. The molecule has 1 amide bonds. The molecule has 0 aromatic heterocycles. The number of piperazine rings is 1. The molecule has 3 rings (SSSR count). The van der Waals surface area contributed by atoms with Gasteiger partial charge in [-0.05, 0) is 48.0 Å². The maximum atomic E-state index is 13.0. The molecule has 152 valence electrons. The van der Waals surface area contributed by atoms with Crippen molar-refractivity contribution in [1.82, 2.24) is 10.2 Å². The van der Waals surface area contributed by atoms with E-state index < -0.39 is 4.92 Å². The second-order valence-electron chi connectivity index (χ2n) is 6.78. The Bertz CT molecular complexity index is 860. The Morgan fingerprint density at radius 3 is 2.34 bits per heavy atom. The third kappa shape index (κ3) is 6.11. The van der Waals surface area contributed by atoms with Crippen LogP contribution in [0.2, 0.25) is 0 Å². The summed E-state index contributed by atoms with van der Waals surface area (Å²) < 4.78 is 13.0. The summed E-state index contributed by atoms with van der Waals surface area (Å²) >= 11 is 0. The van der Waals surface area contributed by atoms with Crippen molar-refractivity contribution in [2.24, 2.45) is 0 Å². The third-order valence-electron chi connectivity index (χ3n) is 4.82. The number of carbonyl (C=O) groups excluding carboxylic acids is 1. The lowest BCUT2D eigenvalue weighted by Gasteiger charge is -2.36. The van der Waals surface area contributed by atoms with Crippen molar-refractivity contribution in [2.75, 3.05) is 44.2 Å². The van der Waals surface area contributed by atoms with E-state index in [1.54, 1.807) is 30.3 Å². The molecular formula is C21H23FN4O3. The first-order valence-corrected chi connectivity index (χ1v) is 9.44. The number of benzene rings is 2. The number of amides is 1. The van der Waals surface area contributed by atoms with Gasteiger partial charge in [-0.3, -0.25) is 19.8 Å². The molecule has 2 aromatic rings. The third-order valence-corrected chi connectivity index (χ3v) is 4.82. The van der Waals surface area contributed by atoms with Crippen LogP contribution in [0.25, 0.3) is 6.08 Å². The van der Waals surface area contributed by atoms with Crippen LogP contribution in [0.4, 0.5) is 15.8 Å². The molecule has 0 unspecified atom stereocenters. The summed E-state index contributed by atoms with van der Waals surface area (Å²) in [6.07, 6.45) is 3.05. The highest BCUT2D eigenvalue weighted by Crippen LogP contribution is 2.16. The van der Waals surface area contributed by atoms with Crippen LogP contribution in [0, 0.1) is 15.9 Å². The van der Waals surface area contributed by atoms with E-state index in [-0.39, 0.29) is 17.4 Å². The van der Waals surface area contributed by atoms with Crippen molar-refractivity contribution in [3.8, 4) is 0 Å². The van der Waals surface area contributed by atoms with Gasteiger partial charge in [0.25, 0.3) is 5.69 Å². The van der Waals surface area contributed by atoms with Crippen molar-refractivity contribution in [1.29, 1.82) is 0 Å². The predicted molar refractivity (Wildman–Crippen MR) is 110 cm³/mol. The quantitative estimate of drug-likeness (QED) is 0.441. The number of carbonyl (C=O) groups is 1. The van der Waals surface area contributed by atoms with Crippen LogP contribution in [0.1, 0.15) is 5.56 Å². The predicted octanol–water partition coefficient (Wildman–Crippen LogP) is 2.69. The highest BCUT2D eigenvalue weighted by molar-refractivity contribution is 5.91. The van der Waals surface area contributed by atoms with Gasteiger partial charge in [-0.15, -0.1) is 0 Å². The Labute approximate surface area is 168 Å². The lowest BCUT2D eigenvalue weighted by molar-refractivity contribution is -0.384. The SMILES string of the molecule is O=C(/C=C/c1ccc([N+](=O)[O-])cc1)NCCN1CCN(c2ccc(F)cc2)CC1. The van der Waals surface area contributed by atoms with Gasteiger partial charge in [0.2, 0.25) is 5.91 Å². The summed E-state index contributed by atoms with van der Waals surface area (Å²) in [6.45, 7) is 4.78. The molecule has 1 aliphatic rings. The average molecular weight is 398 g/mol. The average Bonchev–Trinajstić information content (AvgIpc) is 2.74. The zero-order valence-electron chi connectivity index (χ0n) is 16.0. The summed E-state index contributed by atoms with van der Waals surface area (Å²) in [6, 6.07) is 12.5. The van der Waals surface area contributed by atoms with Gasteiger partial charge in [-0.1, -0.05) is 0 Å². The van der Waals surface area contributed by atoms with E-state index in [2.05, 4.69) is 15.1 Å². The number of nitrogens with zero attached hydrogens (tertiary/aromatic N) is 3. The molecule has 0 aliphatic carbocycles. The fourth-order valence-electron chi connectivity index (χ4n) is 3.16. The van der Waals surface area contributed by atoms with Crippen molar-refractivity contribution in [2.45, 2.75) is 0 Å². The van der Waals surface area contributed by atoms with Crippen LogP contribution in [0.15, 0.2) is 54.6 Å². The van der Waals surface area contributed by atoms with Gasteiger partial charge in [-0.2, -0.15) is 0 Å². The highest BCUT2D eigenvalue weighted by atomic mass is 19.1. The van der Waals surface area contributed by atoms with Crippen molar-refractivity contribution in [3.63, 3.8) is 0 Å². The minimum Gasteiger partial charge on any atom is -0.369 e. The van der Waals surface area contributed by atoms with Crippen LogP contribution >= 0.6 is 0 Å². The zero-order chi connectivity index (χ0) is 20.6. The van der Waals surface area contributed by atoms with Gasteiger partial charge in [0.1, 0.15) is 5.82 Å². The number of non-ortho nitro benzene ring substituents is 1. The number of anilines is 1. The van der Waals surface area contributed by atoms with Crippen LogP contribution in [-0.2, 0) is 4.79 Å². The second-order valence-corrected chi connectivity index (χ2v) is 6.78. The lowest BCUT2D eigenvalue weighted by atomic mass is 10.2. The Hall–Kier alpha value is -3.26. The number of rotatable bonds is 7. The first-order chi connectivity index (χ1) is 14.0. The number of nitrogens with one attached hydrogen (secondary N) is 1. The fraction of sp³-hybridized carbons (Fsp3) is 0.286. The molecule has 8 heteroatoms. The number of hydrogen-bond donors (Lipinski definition) is 1. The van der Waals surface area contributed by atoms with E-state index in [4.69, 9.17) is 0 Å². The molecule has 7 nitrogen and oxygen atoms in total. The van der Waals surface area contributed by atoms with Gasteiger partial charge in [0, 0.05) is 63.2 Å². The maximum Gasteiger partial charge on any atom is 0.269 e. The topological polar surface area (TPSA) is 78.7 Å². The molecule has 29 heavy (non-hydrogen) atoms. The minimum absolute atomic E-state index is 0.0196. The summed E-state index contributed by atoms with van der Waals surface area (Å²) in [5.74, 6) is -0.431. The van der Waals surface area contributed by atoms with Crippen LogP contribution in [0.5, 0.6) is 0 Å². The maximum absolute atomic E-state index is 13.0. The molecule has 0 spiro atoms. The second kappa shape index (κ2) is 9.79. The molecule has 0 bridgehead atoms. The Morgan fingerprint density at radius 1 is 1.07 bits per heavy atom. The van der Waals surface area contributed by atoms with E-state index >= 15 is 0 Å². The van der Waals surface area contributed by atoms with Gasteiger partial charge >= 0.3 is 0 Å². The number of nitro benzene ring substituents is 1. The molecule has 0 radical (unpaired) electrons. The van der Waals surface area contributed by atoms with Gasteiger partial charge in [0.15, 0.2) is 0 Å². The van der Waals surface area contributed by atoms with E-state index in [0.717, 1.165) is 44.0 Å². The Balaban J connectivity index is 1.36. The molecule has 0 saturated carbocycles. The monoisotopic (exact) mass is 398 g/mol. The van der Waals surface area contributed by atoms with E-state index in [1.165, 1.54) is 30.3 Å². The highest BCUT2D eigenvalue weighted by Gasteiger charge is 2.16. The Morgan fingerprint density at radius 2 is 1.72 bits per heavy atom. The summed E-state index contributed by atoms with van der Waals surface area (Å²) in [7, 11) is 0. The zero-order valence-corrected chi connectivity index (χ0v) is 16.0. The first-order valence-electron chi connectivity index (χ1n) is 9.44. The van der Waals surface area contributed by atoms with E-state index in [0.29, 0.717) is 6.54 Å². The lowest BCUT2D eigenvalue weighted by Crippen LogP contribution is -2.48. The fourth-order valence-corrected chi connectivity index (χ4v) is 3.16. The molecule has 1 aliphatic heterocycles. The molecule has 1 saturated heterocycles. The Kier molecular flexibility index (Phi) is 6.91. The van der Waals surface area contributed by atoms with Gasteiger partial charge in [0.05, 0.1) is 4.92 Å². The summed E-state index contributed by atoms with van der Waals surface area (Å²) in [4.78, 5) is 26.6. The molecular weight excluding hydrogens is 375 g/mol. The molecule has 1 fully saturated rings. The number of halogens is 1.